The highest BCUT2D eigenvalue weighted by atomic mass is 32.2. The zero-order valence-electron chi connectivity index (χ0n) is 10.8. The lowest BCUT2D eigenvalue weighted by molar-refractivity contribution is -0.166. The van der Waals surface area contributed by atoms with Crippen LogP contribution >= 0.6 is 0 Å². The van der Waals surface area contributed by atoms with Crippen molar-refractivity contribution in [2.24, 2.45) is 0 Å². The van der Waals surface area contributed by atoms with E-state index in [0.717, 1.165) is 7.05 Å². The Morgan fingerprint density at radius 3 is 2.19 bits per heavy atom. The smallest absolute Gasteiger partial charge is 0.328 e. The zero-order valence-corrected chi connectivity index (χ0v) is 11.6. The van der Waals surface area contributed by atoms with Gasteiger partial charge in [-0.2, -0.15) is 13.1 Å². The Labute approximate surface area is 120 Å². The Morgan fingerprint density at radius 2 is 1.71 bits per heavy atom. The van der Waals surface area contributed by atoms with E-state index in [1.165, 1.54) is 12.1 Å². The highest BCUT2D eigenvalue weighted by Gasteiger charge is 2.38. The van der Waals surface area contributed by atoms with Gasteiger partial charge in [-0.1, -0.05) is 17.2 Å². The van der Waals surface area contributed by atoms with E-state index in [9.17, 15) is 22.8 Å². The van der Waals surface area contributed by atoms with E-state index in [1.54, 1.807) is 12.1 Å². The third kappa shape index (κ3) is 3.07. The normalized spacial score (nSPS) is 14.2. The van der Waals surface area contributed by atoms with Crippen molar-refractivity contribution in [3.8, 4) is 0 Å². The van der Waals surface area contributed by atoms with Crippen LogP contribution < -0.4 is 9.44 Å². The number of carbonyl (C=O) groups is 3. The summed E-state index contributed by atoms with van der Waals surface area (Å²) in [5.74, 6) is -2.65. The van der Waals surface area contributed by atoms with Gasteiger partial charge >= 0.3 is 5.97 Å². The molecule has 0 aliphatic carbocycles. The van der Waals surface area contributed by atoms with Gasteiger partial charge in [-0.25, -0.2) is 9.52 Å². The van der Waals surface area contributed by atoms with Gasteiger partial charge in [-0.15, -0.1) is 0 Å². The molecule has 0 radical (unpaired) electrons. The first kappa shape index (κ1) is 15.1. The fourth-order valence-electron chi connectivity index (χ4n) is 1.61. The Morgan fingerprint density at radius 1 is 1.19 bits per heavy atom. The number of carbonyl (C=O) groups excluding carboxylic acids is 3. The number of rotatable bonds is 5. The summed E-state index contributed by atoms with van der Waals surface area (Å²) in [4.78, 5) is 39.8. The topological polar surface area (TPSA) is 122 Å². The van der Waals surface area contributed by atoms with Crippen LogP contribution in [0.2, 0.25) is 0 Å². The molecule has 1 heterocycles. The van der Waals surface area contributed by atoms with Crippen LogP contribution in [0.3, 0.4) is 0 Å². The molecule has 2 rings (SSSR count). The van der Waals surface area contributed by atoms with E-state index in [0.29, 0.717) is 5.06 Å². The summed E-state index contributed by atoms with van der Waals surface area (Å²) in [5.41, 5.74) is 0.234. The molecule has 21 heavy (non-hydrogen) atoms. The van der Waals surface area contributed by atoms with Gasteiger partial charge < -0.3 is 4.84 Å². The fraction of sp³-hybridized carbons (Fsp3) is 0.182. The molecule has 2 amide bonds. The predicted molar refractivity (Wildman–Crippen MR) is 69.0 cm³/mol. The third-order valence-corrected chi connectivity index (χ3v) is 3.69. The predicted octanol–water partition coefficient (Wildman–Crippen LogP) is -1.21. The molecule has 112 valence electrons. The largest absolute Gasteiger partial charge is 0.347 e. The second-order valence-corrected chi connectivity index (χ2v) is 5.65. The van der Waals surface area contributed by atoms with Gasteiger partial charge in [-0.05, 0) is 12.1 Å². The lowest BCUT2D eigenvalue weighted by Gasteiger charge is -2.12. The van der Waals surface area contributed by atoms with E-state index < -0.39 is 34.5 Å². The average molecular weight is 313 g/mol. The van der Waals surface area contributed by atoms with Gasteiger partial charge in [0.1, 0.15) is 6.54 Å². The third-order valence-electron chi connectivity index (χ3n) is 2.63. The molecule has 0 spiro atoms. The molecule has 0 aromatic heterocycles. The first-order valence-corrected chi connectivity index (χ1v) is 7.21. The number of amides is 2. The summed E-state index contributed by atoms with van der Waals surface area (Å²) in [6.07, 6.45) is 0. The zero-order chi connectivity index (χ0) is 15.6. The summed E-state index contributed by atoms with van der Waals surface area (Å²) in [6.45, 7) is -0.726. The van der Waals surface area contributed by atoms with Crippen LogP contribution in [0.15, 0.2) is 24.3 Å². The molecule has 9 nitrogen and oxygen atoms in total. The van der Waals surface area contributed by atoms with Gasteiger partial charge in [-0.3, -0.25) is 9.59 Å². The van der Waals surface area contributed by atoms with Crippen molar-refractivity contribution >= 4 is 28.0 Å². The molecular weight excluding hydrogens is 302 g/mol. The molecule has 2 N–H and O–H groups in total. The van der Waals surface area contributed by atoms with E-state index in [1.807, 2.05) is 9.44 Å². The molecule has 1 aromatic carbocycles. The molecule has 1 aliphatic heterocycles. The Balaban J connectivity index is 2.04. The monoisotopic (exact) mass is 313 g/mol. The lowest BCUT2D eigenvalue weighted by atomic mass is 10.1. The number of hydrogen-bond donors (Lipinski definition) is 2. The summed E-state index contributed by atoms with van der Waals surface area (Å²) >= 11 is 0. The average Bonchev–Trinajstić information content (AvgIpc) is 2.71. The number of nitrogens with one attached hydrogen (secondary N) is 2. The summed E-state index contributed by atoms with van der Waals surface area (Å²) in [6, 6.07) is 5.98. The van der Waals surface area contributed by atoms with Crippen LogP contribution in [0.1, 0.15) is 20.7 Å². The number of hydroxylamine groups is 2. The van der Waals surface area contributed by atoms with Crippen molar-refractivity contribution in [2.75, 3.05) is 13.6 Å². The van der Waals surface area contributed by atoms with Crippen molar-refractivity contribution in [2.45, 2.75) is 0 Å². The van der Waals surface area contributed by atoms with Crippen LogP contribution in [0.25, 0.3) is 0 Å². The Kier molecular flexibility index (Phi) is 4.02. The molecule has 0 atom stereocenters. The number of hydrogen-bond acceptors (Lipinski definition) is 6. The SMILES string of the molecule is CNS(=O)(=O)NCC(=O)ON1C(=O)c2ccccc2C1=O. The van der Waals surface area contributed by atoms with Crippen molar-refractivity contribution < 1.29 is 27.6 Å². The van der Waals surface area contributed by atoms with Crippen molar-refractivity contribution in [1.82, 2.24) is 14.5 Å². The second kappa shape index (κ2) is 5.60. The molecule has 10 heteroatoms. The summed E-state index contributed by atoms with van der Waals surface area (Å²) < 4.78 is 25.9. The molecule has 0 fully saturated rings. The molecule has 1 aromatic rings. The minimum atomic E-state index is -3.82. The second-order valence-electron chi connectivity index (χ2n) is 3.94. The molecule has 0 saturated heterocycles. The number of imide groups is 1. The fourth-order valence-corrected chi connectivity index (χ4v) is 2.06. The van der Waals surface area contributed by atoms with Crippen LogP contribution in [-0.4, -0.2) is 44.9 Å². The highest BCUT2D eigenvalue weighted by Crippen LogP contribution is 2.22. The van der Waals surface area contributed by atoms with Crippen LogP contribution in [0.4, 0.5) is 0 Å². The van der Waals surface area contributed by atoms with Gasteiger partial charge in [0.15, 0.2) is 0 Å². The first-order chi connectivity index (χ1) is 9.85. The molecular formula is C11H11N3O6S. The molecule has 0 saturated carbocycles. The van der Waals surface area contributed by atoms with Crippen molar-refractivity contribution in [3.63, 3.8) is 0 Å². The quantitative estimate of drug-likeness (QED) is 0.658. The van der Waals surface area contributed by atoms with Crippen molar-refractivity contribution in [1.29, 1.82) is 0 Å². The number of fused-ring (bicyclic) bond motifs is 1. The molecule has 0 unspecified atom stereocenters. The van der Waals surface area contributed by atoms with E-state index in [-0.39, 0.29) is 11.1 Å². The van der Waals surface area contributed by atoms with Gasteiger partial charge in [0.05, 0.1) is 11.1 Å². The Bertz CT molecular complexity index is 679. The maximum absolute atomic E-state index is 11.9. The molecule has 0 bridgehead atoms. The highest BCUT2D eigenvalue weighted by molar-refractivity contribution is 7.87. The van der Waals surface area contributed by atoms with Crippen molar-refractivity contribution in [3.05, 3.63) is 35.4 Å². The van der Waals surface area contributed by atoms with Crippen LogP contribution in [0.5, 0.6) is 0 Å². The van der Waals surface area contributed by atoms with Gasteiger partial charge in [0.25, 0.3) is 22.0 Å². The van der Waals surface area contributed by atoms with Gasteiger partial charge in [0, 0.05) is 7.05 Å². The maximum Gasteiger partial charge on any atom is 0.347 e. The minimum Gasteiger partial charge on any atom is -0.328 e. The van der Waals surface area contributed by atoms with Crippen LogP contribution in [0, 0.1) is 0 Å². The van der Waals surface area contributed by atoms with E-state index in [4.69, 9.17) is 0 Å². The maximum atomic E-state index is 11.9. The minimum absolute atomic E-state index is 0.117. The van der Waals surface area contributed by atoms with E-state index in [2.05, 4.69) is 4.84 Å². The standard InChI is InChI=1S/C11H11N3O6S/c1-12-21(18,19)13-6-9(15)20-14-10(16)7-4-2-3-5-8(7)11(14)17/h2-5,12-13H,6H2,1H3. The Hall–Kier alpha value is -2.30. The van der Waals surface area contributed by atoms with Gasteiger partial charge in [0.2, 0.25) is 0 Å². The summed E-state index contributed by atoms with van der Waals surface area (Å²) in [7, 11) is -2.67. The number of nitrogens with zero attached hydrogens (tertiary/aromatic N) is 1. The van der Waals surface area contributed by atoms with E-state index >= 15 is 0 Å². The summed E-state index contributed by atoms with van der Waals surface area (Å²) in [5, 5.41) is 0.306. The number of benzene rings is 1. The van der Waals surface area contributed by atoms with Crippen LogP contribution in [-0.2, 0) is 19.8 Å². The molecule has 1 aliphatic rings. The first-order valence-electron chi connectivity index (χ1n) is 5.72. The lowest BCUT2D eigenvalue weighted by Crippen LogP contribution is -2.41.